The van der Waals surface area contributed by atoms with Crippen LogP contribution < -0.4 is 9.08 Å². The summed E-state index contributed by atoms with van der Waals surface area (Å²) >= 11 is 0. The quantitative estimate of drug-likeness (QED) is 0.544. The van der Waals surface area contributed by atoms with Crippen LogP contribution in [0.4, 0.5) is 5.69 Å². The van der Waals surface area contributed by atoms with Crippen LogP contribution in [0.15, 0.2) is 47.4 Å². The number of nitrogens with zero attached hydrogens (tertiary/aromatic N) is 1. The molecule has 0 bridgehead atoms. The van der Waals surface area contributed by atoms with Gasteiger partial charge in [0.1, 0.15) is 10.5 Å². The first kappa shape index (κ1) is 19.9. The third kappa shape index (κ3) is 4.01. The summed E-state index contributed by atoms with van der Waals surface area (Å²) in [6.45, 7) is 4.08. The Morgan fingerprint density at radius 3 is 2.57 bits per heavy atom. The fourth-order valence-corrected chi connectivity index (χ4v) is 4.24. The van der Waals surface area contributed by atoms with Crippen LogP contribution in [0, 0.1) is 6.92 Å². The number of carbonyl (C=O) groups excluding carboxylic acids is 2. The highest BCUT2D eigenvalue weighted by Crippen LogP contribution is 2.29. The van der Waals surface area contributed by atoms with E-state index in [4.69, 9.17) is 8.92 Å². The molecule has 0 atom stereocenters. The van der Waals surface area contributed by atoms with E-state index in [0.29, 0.717) is 24.2 Å². The number of hydrogen-bond acceptors (Lipinski definition) is 6. The van der Waals surface area contributed by atoms with Gasteiger partial charge in [-0.2, -0.15) is 8.42 Å². The molecule has 1 aliphatic rings. The molecule has 1 fully saturated rings. The van der Waals surface area contributed by atoms with Gasteiger partial charge in [0.25, 0.3) is 0 Å². The minimum atomic E-state index is -4.18. The Labute approximate surface area is 164 Å². The fourth-order valence-electron chi connectivity index (χ4n) is 3.08. The number of hydrogen-bond donors (Lipinski definition) is 0. The topological polar surface area (TPSA) is 90.0 Å². The molecule has 0 aliphatic carbocycles. The van der Waals surface area contributed by atoms with Crippen LogP contribution in [0.3, 0.4) is 0 Å². The summed E-state index contributed by atoms with van der Waals surface area (Å²) in [6.07, 6.45) is 1.28. The van der Waals surface area contributed by atoms with Crippen molar-refractivity contribution >= 4 is 27.7 Å². The van der Waals surface area contributed by atoms with E-state index in [1.54, 1.807) is 43.0 Å². The molecule has 1 amide bonds. The lowest BCUT2D eigenvalue weighted by atomic mass is 10.2. The van der Waals surface area contributed by atoms with Gasteiger partial charge in [-0.05, 0) is 56.2 Å². The van der Waals surface area contributed by atoms with Gasteiger partial charge in [-0.15, -0.1) is 0 Å². The third-order valence-corrected chi connectivity index (χ3v) is 5.79. The second-order valence-corrected chi connectivity index (χ2v) is 7.87. The number of carbonyl (C=O) groups is 2. The number of rotatable bonds is 6. The van der Waals surface area contributed by atoms with Crippen molar-refractivity contribution in [3.8, 4) is 5.75 Å². The molecule has 1 saturated heterocycles. The van der Waals surface area contributed by atoms with Crippen LogP contribution in [-0.4, -0.2) is 33.4 Å². The number of ether oxygens (including phenoxy) is 1. The molecule has 3 rings (SSSR count). The van der Waals surface area contributed by atoms with Gasteiger partial charge >= 0.3 is 16.1 Å². The third-order valence-electron chi connectivity index (χ3n) is 4.39. The lowest BCUT2D eigenvalue weighted by Gasteiger charge is -2.18. The molecule has 0 radical (unpaired) electrons. The van der Waals surface area contributed by atoms with E-state index in [1.807, 2.05) is 0 Å². The van der Waals surface area contributed by atoms with Gasteiger partial charge in [0.2, 0.25) is 5.91 Å². The predicted molar refractivity (Wildman–Crippen MR) is 103 cm³/mol. The second kappa shape index (κ2) is 8.02. The Morgan fingerprint density at radius 1 is 1.18 bits per heavy atom. The molecular formula is C20H21NO6S. The van der Waals surface area contributed by atoms with Gasteiger partial charge in [0.05, 0.1) is 6.61 Å². The first-order chi connectivity index (χ1) is 13.3. The van der Waals surface area contributed by atoms with Gasteiger partial charge in [-0.1, -0.05) is 12.1 Å². The fraction of sp³-hybridized carbons (Fsp3) is 0.300. The molecular weight excluding hydrogens is 382 g/mol. The van der Waals surface area contributed by atoms with Crippen molar-refractivity contribution in [1.82, 2.24) is 0 Å². The highest BCUT2D eigenvalue weighted by atomic mass is 32.2. The lowest BCUT2D eigenvalue weighted by Crippen LogP contribution is -2.24. The monoisotopic (exact) mass is 403 g/mol. The molecule has 0 spiro atoms. The van der Waals surface area contributed by atoms with Crippen molar-refractivity contribution in [3.63, 3.8) is 0 Å². The molecule has 0 aromatic heterocycles. The average molecular weight is 403 g/mol. The van der Waals surface area contributed by atoms with Gasteiger partial charge in [-0.25, -0.2) is 4.79 Å². The zero-order valence-corrected chi connectivity index (χ0v) is 16.5. The first-order valence-corrected chi connectivity index (χ1v) is 10.4. The SMILES string of the molecule is CCOC(=O)c1ccccc1OS(=O)(=O)c1ccc(N2CCCC2=O)cc1C. The number of aryl methyl sites for hydroxylation is 1. The van der Waals surface area contributed by atoms with E-state index in [-0.39, 0.29) is 28.7 Å². The number of anilines is 1. The highest BCUT2D eigenvalue weighted by Gasteiger charge is 2.26. The van der Waals surface area contributed by atoms with Crippen LogP contribution >= 0.6 is 0 Å². The Balaban J connectivity index is 1.90. The van der Waals surface area contributed by atoms with Crippen molar-refractivity contribution < 1.29 is 26.9 Å². The summed E-state index contributed by atoms with van der Waals surface area (Å²) in [5.74, 6) is -0.735. The minimum Gasteiger partial charge on any atom is -0.462 e. The normalized spacial score (nSPS) is 14.2. The summed E-state index contributed by atoms with van der Waals surface area (Å²) in [7, 11) is -4.18. The van der Waals surface area contributed by atoms with Gasteiger partial charge < -0.3 is 13.8 Å². The van der Waals surface area contributed by atoms with Crippen molar-refractivity contribution in [1.29, 1.82) is 0 Å². The lowest BCUT2D eigenvalue weighted by molar-refractivity contribution is -0.117. The average Bonchev–Trinajstić information content (AvgIpc) is 3.07. The van der Waals surface area contributed by atoms with Gasteiger partial charge in [0, 0.05) is 18.7 Å². The summed E-state index contributed by atoms with van der Waals surface area (Å²) in [5, 5.41) is 0. The van der Waals surface area contributed by atoms with Crippen LogP contribution in [0.25, 0.3) is 0 Å². The Bertz CT molecular complexity index is 1020. The molecule has 2 aromatic rings. The number of para-hydroxylation sites is 1. The van der Waals surface area contributed by atoms with Gasteiger partial charge in [0.15, 0.2) is 5.75 Å². The predicted octanol–water partition coefficient (Wildman–Crippen LogP) is 3.07. The molecule has 7 nitrogen and oxygen atoms in total. The Hall–Kier alpha value is -2.87. The second-order valence-electron chi connectivity index (χ2n) is 6.35. The van der Waals surface area contributed by atoms with E-state index in [2.05, 4.69) is 0 Å². The number of benzene rings is 2. The van der Waals surface area contributed by atoms with E-state index < -0.39 is 16.1 Å². The van der Waals surface area contributed by atoms with Crippen LogP contribution in [-0.2, 0) is 19.6 Å². The van der Waals surface area contributed by atoms with Crippen molar-refractivity contribution in [3.05, 3.63) is 53.6 Å². The summed E-state index contributed by atoms with van der Waals surface area (Å²) in [4.78, 5) is 25.6. The molecule has 2 aromatic carbocycles. The molecule has 0 saturated carbocycles. The van der Waals surface area contributed by atoms with E-state index in [0.717, 1.165) is 6.42 Å². The zero-order chi connectivity index (χ0) is 20.3. The van der Waals surface area contributed by atoms with Crippen molar-refractivity contribution in [2.75, 3.05) is 18.1 Å². The number of amides is 1. The number of esters is 1. The smallest absolute Gasteiger partial charge is 0.341 e. The minimum absolute atomic E-state index is 0.0228. The van der Waals surface area contributed by atoms with Crippen LogP contribution in [0.1, 0.15) is 35.7 Å². The molecule has 148 valence electrons. The zero-order valence-electron chi connectivity index (χ0n) is 15.7. The molecule has 8 heteroatoms. The molecule has 1 heterocycles. The van der Waals surface area contributed by atoms with E-state index in [9.17, 15) is 18.0 Å². The van der Waals surface area contributed by atoms with Crippen molar-refractivity contribution in [2.45, 2.75) is 31.6 Å². The van der Waals surface area contributed by atoms with Crippen molar-refractivity contribution in [2.24, 2.45) is 0 Å². The van der Waals surface area contributed by atoms with Crippen LogP contribution in [0.2, 0.25) is 0 Å². The Morgan fingerprint density at radius 2 is 1.93 bits per heavy atom. The maximum absolute atomic E-state index is 12.8. The largest absolute Gasteiger partial charge is 0.462 e. The summed E-state index contributed by atoms with van der Waals surface area (Å²) in [5.41, 5.74) is 1.14. The molecule has 28 heavy (non-hydrogen) atoms. The van der Waals surface area contributed by atoms with Gasteiger partial charge in [-0.3, -0.25) is 4.79 Å². The maximum atomic E-state index is 12.8. The van der Waals surface area contributed by atoms with Crippen LogP contribution in [0.5, 0.6) is 5.75 Å². The molecule has 0 unspecified atom stereocenters. The summed E-state index contributed by atoms with van der Waals surface area (Å²) in [6, 6.07) is 10.7. The molecule has 0 N–H and O–H groups in total. The summed E-state index contributed by atoms with van der Waals surface area (Å²) < 4.78 is 35.8. The maximum Gasteiger partial charge on any atom is 0.341 e. The van der Waals surface area contributed by atoms with E-state index in [1.165, 1.54) is 18.2 Å². The standard InChI is InChI=1S/C20H21NO6S/c1-3-26-20(23)16-7-4-5-8-17(16)27-28(24,25)18-11-10-15(13-14(18)2)21-12-6-9-19(21)22/h4-5,7-8,10-11,13H,3,6,9,12H2,1-2H3. The first-order valence-electron chi connectivity index (χ1n) is 8.95. The van der Waals surface area contributed by atoms with E-state index >= 15 is 0 Å². The highest BCUT2D eigenvalue weighted by molar-refractivity contribution is 7.87. The Kier molecular flexibility index (Phi) is 5.69. The molecule has 1 aliphatic heterocycles.